The second kappa shape index (κ2) is 6.49. The molecule has 1 rings (SSSR count). The maximum atomic E-state index is 13.0. The van der Waals surface area contributed by atoms with Gasteiger partial charge in [-0.15, -0.1) is 0 Å². The van der Waals surface area contributed by atoms with Crippen molar-refractivity contribution < 1.29 is 23.1 Å². The fourth-order valence-electron chi connectivity index (χ4n) is 1.75. The van der Waals surface area contributed by atoms with E-state index < -0.39 is 11.7 Å². The van der Waals surface area contributed by atoms with Gasteiger partial charge in [0.2, 0.25) is 0 Å². The molecule has 0 fully saturated rings. The molecule has 0 aliphatic rings. The van der Waals surface area contributed by atoms with Gasteiger partial charge in [-0.05, 0) is 31.5 Å². The SMILES string of the molecule is CCCC(C)Oc1ccc(/C(N)=N/O)cc1C(F)(F)F. The largest absolute Gasteiger partial charge is 0.490 e. The summed E-state index contributed by atoms with van der Waals surface area (Å²) in [5.74, 6) is -0.642. The van der Waals surface area contributed by atoms with E-state index in [1.807, 2.05) is 6.92 Å². The lowest BCUT2D eigenvalue weighted by Crippen LogP contribution is -2.18. The average Bonchev–Trinajstić information content (AvgIpc) is 2.37. The number of amidine groups is 1. The zero-order chi connectivity index (χ0) is 15.3. The van der Waals surface area contributed by atoms with Gasteiger partial charge in [0.05, 0.1) is 11.7 Å². The topological polar surface area (TPSA) is 67.8 Å². The molecule has 0 aromatic heterocycles. The van der Waals surface area contributed by atoms with Crippen molar-refractivity contribution in [2.75, 3.05) is 0 Å². The molecule has 20 heavy (non-hydrogen) atoms. The third kappa shape index (κ3) is 4.04. The molecule has 0 amide bonds. The van der Waals surface area contributed by atoms with E-state index in [4.69, 9.17) is 15.7 Å². The quantitative estimate of drug-likeness (QED) is 0.378. The normalized spacial score (nSPS) is 14.2. The Balaban J connectivity index is 3.18. The number of ether oxygens (including phenoxy) is 1. The van der Waals surface area contributed by atoms with E-state index in [-0.39, 0.29) is 23.3 Å². The molecular weight excluding hydrogens is 273 g/mol. The Morgan fingerprint density at radius 3 is 2.60 bits per heavy atom. The zero-order valence-electron chi connectivity index (χ0n) is 11.2. The first-order valence-corrected chi connectivity index (χ1v) is 6.15. The molecule has 0 heterocycles. The van der Waals surface area contributed by atoms with Gasteiger partial charge in [-0.25, -0.2) is 0 Å². The fourth-order valence-corrected chi connectivity index (χ4v) is 1.75. The summed E-state index contributed by atoms with van der Waals surface area (Å²) in [7, 11) is 0. The van der Waals surface area contributed by atoms with Gasteiger partial charge >= 0.3 is 6.18 Å². The van der Waals surface area contributed by atoms with Crippen LogP contribution in [0.2, 0.25) is 0 Å². The van der Waals surface area contributed by atoms with Gasteiger partial charge in [0.25, 0.3) is 0 Å². The summed E-state index contributed by atoms with van der Waals surface area (Å²) >= 11 is 0. The Bertz CT molecular complexity index is 487. The Morgan fingerprint density at radius 2 is 2.10 bits per heavy atom. The summed E-state index contributed by atoms with van der Waals surface area (Å²) in [6, 6.07) is 3.31. The first-order chi connectivity index (χ1) is 9.29. The van der Waals surface area contributed by atoms with Crippen LogP contribution in [0.4, 0.5) is 13.2 Å². The minimum Gasteiger partial charge on any atom is -0.490 e. The third-order valence-corrected chi connectivity index (χ3v) is 2.71. The van der Waals surface area contributed by atoms with E-state index in [0.717, 1.165) is 12.5 Å². The van der Waals surface area contributed by atoms with E-state index in [2.05, 4.69) is 5.16 Å². The van der Waals surface area contributed by atoms with Gasteiger partial charge in [-0.3, -0.25) is 0 Å². The number of nitrogens with two attached hydrogens (primary N) is 1. The number of nitrogens with zero attached hydrogens (tertiary/aromatic N) is 1. The summed E-state index contributed by atoms with van der Waals surface area (Å²) < 4.78 is 44.3. The van der Waals surface area contributed by atoms with Gasteiger partial charge in [-0.1, -0.05) is 18.5 Å². The van der Waals surface area contributed by atoms with Crippen LogP contribution in [0.15, 0.2) is 23.4 Å². The maximum Gasteiger partial charge on any atom is 0.419 e. The summed E-state index contributed by atoms with van der Waals surface area (Å²) in [4.78, 5) is 0. The number of rotatable bonds is 5. The Labute approximate surface area is 115 Å². The predicted octanol–water partition coefficient (Wildman–Crippen LogP) is 3.37. The lowest BCUT2D eigenvalue weighted by atomic mass is 10.1. The van der Waals surface area contributed by atoms with Crippen molar-refractivity contribution in [1.29, 1.82) is 0 Å². The molecule has 0 bridgehead atoms. The van der Waals surface area contributed by atoms with Crippen LogP contribution >= 0.6 is 0 Å². The summed E-state index contributed by atoms with van der Waals surface area (Å²) in [6.45, 7) is 3.63. The standard InChI is InChI=1S/C13H17F3N2O2/c1-3-4-8(2)20-11-6-5-9(12(17)18-19)7-10(11)13(14,15)16/h5-8,19H,3-4H2,1-2H3,(H2,17,18). The molecular formula is C13H17F3N2O2. The highest BCUT2D eigenvalue weighted by Crippen LogP contribution is 2.37. The van der Waals surface area contributed by atoms with Gasteiger partial charge in [0.15, 0.2) is 5.84 Å². The average molecular weight is 290 g/mol. The van der Waals surface area contributed by atoms with Crippen LogP contribution in [-0.4, -0.2) is 17.1 Å². The van der Waals surface area contributed by atoms with Crippen LogP contribution in [0.25, 0.3) is 0 Å². The maximum absolute atomic E-state index is 13.0. The van der Waals surface area contributed by atoms with Crippen LogP contribution in [-0.2, 0) is 6.18 Å². The molecule has 112 valence electrons. The van der Waals surface area contributed by atoms with Gasteiger partial charge < -0.3 is 15.7 Å². The second-order valence-electron chi connectivity index (χ2n) is 4.41. The Hall–Kier alpha value is -1.92. The fraction of sp³-hybridized carbons (Fsp3) is 0.462. The van der Waals surface area contributed by atoms with Crippen molar-refractivity contribution in [2.45, 2.75) is 39.0 Å². The highest BCUT2D eigenvalue weighted by Gasteiger charge is 2.35. The summed E-state index contributed by atoms with van der Waals surface area (Å²) in [5, 5.41) is 11.2. The molecule has 1 aromatic carbocycles. The molecule has 1 atom stereocenters. The van der Waals surface area contributed by atoms with E-state index in [9.17, 15) is 13.2 Å². The highest BCUT2D eigenvalue weighted by molar-refractivity contribution is 5.97. The Morgan fingerprint density at radius 1 is 1.45 bits per heavy atom. The lowest BCUT2D eigenvalue weighted by molar-refractivity contribution is -0.139. The second-order valence-corrected chi connectivity index (χ2v) is 4.41. The molecule has 0 saturated heterocycles. The highest BCUT2D eigenvalue weighted by atomic mass is 19.4. The van der Waals surface area contributed by atoms with Crippen molar-refractivity contribution >= 4 is 5.84 Å². The molecule has 4 nitrogen and oxygen atoms in total. The van der Waals surface area contributed by atoms with Crippen molar-refractivity contribution in [3.63, 3.8) is 0 Å². The molecule has 7 heteroatoms. The lowest BCUT2D eigenvalue weighted by Gasteiger charge is -2.19. The van der Waals surface area contributed by atoms with Crippen LogP contribution < -0.4 is 10.5 Å². The van der Waals surface area contributed by atoms with E-state index in [1.165, 1.54) is 12.1 Å². The Kier molecular flexibility index (Phi) is 5.24. The number of oxime groups is 1. The molecule has 0 spiro atoms. The number of hydrogen-bond acceptors (Lipinski definition) is 3. The zero-order valence-corrected chi connectivity index (χ0v) is 11.2. The van der Waals surface area contributed by atoms with Crippen molar-refractivity contribution in [3.05, 3.63) is 29.3 Å². The summed E-state index contributed by atoms with van der Waals surface area (Å²) in [6.07, 6.45) is -3.44. The van der Waals surface area contributed by atoms with Crippen molar-refractivity contribution in [1.82, 2.24) is 0 Å². The molecule has 1 aromatic rings. The minimum absolute atomic E-state index is 0.0182. The first kappa shape index (κ1) is 16.1. The predicted molar refractivity (Wildman–Crippen MR) is 69.0 cm³/mol. The molecule has 1 unspecified atom stereocenters. The van der Waals surface area contributed by atoms with Crippen molar-refractivity contribution in [2.24, 2.45) is 10.9 Å². The van der Waals surface area contributed by atoms with Gasteiger partial charge in [0, 0.05) is 5.56 Å². The van der Waals surface area contributed by atoms with Gasteiger partial charge in [0.1, 0.15) is 5.75 Å². The first-order valence-electron chi connectivity index (χ1n) is 6.15. The van der Waals surface area contributed by atoms with E-state index in [1.54, 1.807) is 6.92 Å². The molecule has 0 radical (unpaired) electrons. The molecule has 0 saturated carbocycles. The molecule has 3 N–H and O–H groups in total. The number of benzene rings is 1. The van der Waals surface area contributed by atoms with Crippen molar-refractivity contribution in [3.8, 4) is 5.75 Å². The van der Waals surface area contributed by atoms with E-state index >= 15 is 0 Å². The van der Waals surface area contributed by atoms with E-state index in [0.29, 0.717) is 6.42 Å². The van der Waals surface area contributed by atoms with Gasteiger partial charge in [-0.2, -0.15) is 13.2 Å². The third-order valence-electron chi connectivity index (χ3n) is 2.71. The number of alkyl halides is 3. The number of halogens is 3. The smallest absolute Gasteiger partial charge is 0.419 e. The van der Waals surface area contributed by atoms with Crippen LogP contribution in [0.3, 0.4) is 0 Å². The van der Waals surface area contributed by atoms with Crippen LogP contribution in [0.5, 0.6) is 5.75 Å². The van der Waals surface area contributed by atoms with Crippen LogP contribution in [0, 0.1) is 0 Å². The summed E-state index contributed by atoms with van der Waals surface area (Å²) in [5.41, 5.74) is 4.34. The van der Waals surface area contributed by atoms with Crippen LogP contribution in [0.1, 0.15) is 37.8 Å². The molecule has 0 aliphatic carbocycles. The minimum atomic E-state index is -4.58. The monoisotopic (exact) mass is 290 g/mol. The molecule has 0 aliphatic heterocycles. The number of hydrogen-bond donors (Lipinski definition) is 2.